The quantitative estimate of drug-likeness (QED) is 0.194. The van der Waals surface area contributed by atoms with Gasteiger partial charge in [-0.1, -0.05) is 93.6 Å². The summed E-state index contributed by atoms with van der Waals surface area (Å²) in [5.41, 5.74) is 9.93. The molecule has 5 aromatic carbocycles. The lowest BCUT2D eigenvalue weighted by atomic mass is 9.88. The van der Waals surface area contributed by atoms with Gasteiger partial charge in [0.1, 0.15) is 11.4 Å². The third-order valence-electron chi connectivity index (χ3n) is 9.44. The Labute approximate surface area is 284 Å². The Morgan fingerprint density at radius 2 is 1.20 bits per heavy atom. The van der Waals surface area contributed by atoms with Crippen molar-refractivity contribution in [2.75, 3.05) is 0 Å². The Bertz CT molecular complexity index is 2760. The fraction of sp³-hybridized carbons (Fsp3) is 0.0909. The van der Waals surface area contributed by atoms with E-state index in [0.29, 0.717) is 0 Å². The average molecular weight is 635 g/mol. The highest BCUT2D eigenvalue weighted by Crippen LogP contribution is 2.38. The maximum Gasteiger partial charge on any atom is 0.152 e. The molecule has 0 spiro atoms. The first-order valence-electron chi connectivity index (χ1n) is 16.7. The zero-order valence-electron chi connectivity index (χ0n) is 27.6. The minimum absolute atomic E-state index is 0.0217. The summed E-state index contributed by atoms with van der Waals surface area (Å²) < 4.78 is 11.6. The number of rotatable bonds is 3. The van der Waals surface area contributed by atoms with Gasteiger partial charge in [-0.3, -0.25) is 9.55 Å². The Balaban J connectivity index is 1.48. The van der Waals surface area contributed by atoms with Crippen molar-refractivity contribution in [3.8, 4) is 22.8 Å². The topological polar surface area (TPSA) is 48.8 Å². The number of pyridine rings is 2. The summed E-state index contributed by atoms with van der Waals surface area (Å²) in [6.07, 6.45) is 3.77. The van der Waals surface area contributed by atoms with Crippen molar-refractivity contribution in [1.82, 2.24) is 19.1 Å². The third-order valence-corrected chi connectivity index (χ3v) is 9.44. The van der Waals surface area contributed by atoms with Crippen molar-refractivity contribution in [3.63, 3.8) is 0 Å². The molecule has 9 rings (SSSR count). The van der Waals surface area contributed by atoms with E-state index >= 15 is 0 Å². The molecule has 4 aromatic heterocycles. The van der Waals surface area contributed by atoms with Crippen LogP contribution in [0, 0.1) is 0 Å². The molecule has 0 amide bonds. The second-order valence-corrected chi connectivity index (χ2v) is 13.6. The molecule has 0 fully saturated rings. The largest absolute Gasteiger partial charge is 0.454 e. The molecule has 0 N–H and O–H groups in total. The number of hydrogen-bond donors (Lipinski definition) is 0. The van der Waals surface area contributed by atoms with Crippen LogP contribution in [0.5, 0.6) is 0 Å². The predicted molar refractivity (Wildman–Crippen MR) is 202 cm³/mol. The highest BCUT2D eigenvalue weighted by molar-refractivity contribution is 6.13. The molecule has 9 aromatic rings. The second-order valence-electron chi connectivity index (χ2n) is 13.6. The first-order valence-corrected chi connectivity index (χ1v) is 16.7. The van der Waals surface area contributed by atoms with Crippen molar-refractivity contribution >= 4 is 54.8 Å². The van der Waals surface area contributed by atoms with E-state index in [9.17, 15) is 0 Å². The zero-order valence-corrected chi connectivity index (χ0v) is 27.6. The van der Waals surface area contributed by atoms with Gasteiger partial charge in [-0.2, -0.15) is 0 Å². The maximum atomic E-state index is 6.96. The maximum absolute atomic E-state index is 6.96. The van der Waals surface area contributed by atoms with Crippen molar-refractivity contribution < 1.29 is 4.42 Å². The molecule has 0 radical (unpaired) electrons. The number of hydrogen-bond acceptors (Lipinski definition) is 3. The van der Waals surface area contributed by atoms with Gasteiger partial charge in [0.05, 0.1) is 27.8 Å². The SMILES string of the molecule is CC(C)(C)c1ccnc(-n2c3ccccc3c3cc4oc5ccccc5c5ccccc5n(-c5cccc(-c6ccccn6)c5)c4cc32)c1. The van der Waals surface area contributed by atoms with Gasteiger partial charge in [0.2, 0.25) is 0 Å². The molecule has 0 aliphatic rings. The van der Waals surface area contributed by atoms with Crippen LogP contribution in [0.1, 0.15) is 26.3 Å². The fourth-order valence-electron chi connectivity index (χ4n) is 7.03. The molecule has 4 heterocycles. The van der Waals surface area contributed by atoms with Crippen LogP contribution in [0.4, 0.5) is 0 Å². The second kappa shape index (κ2) is 11.2. The standard InChI is InChI=1S/C44H34N4O/c1-44(2,3)30-22-24-46-43(26-30)48-38-20-8-5-16-33(38)35-27-42-40(28-39(35)48)47(31-14-12-13-29(25-31)36-18-10-11-23-45-36)37-19-7-4-15-32(37)34-17-6-9-21-41(34)49-42/h4-28H,1-3H3. The Morgan fingerprint density at radius 3 is 1.98 bits per heavy atom. The highest BCUT2D eigenvalue weighted by Gasteiger charge is 2.20. The number of benzene rings is 5. The summed E-state index contributed by atoms with van der Waals surface area (Å²) in [6.45, 7) is 6.72. The van der Waals surface area contributed by atoms with Crippen molar-refractivity contribution in [2.24, 2.45) is 0 Å². The molecule has 0 bridgehead atoms. The van der Waals surface area contributed by atoms with Crippen molar-refractivity contribution in [1.29, 1.82) is 0 Å². The molecule has 0 saturated heterocycles. The lowest BCUT2D eigenvalue weighted by Gasteiger charge is -2.20. The van der Waals surface area contributed by atoms with Crippen LogP contribution in [-0.4, -0.2) is 19.1 Å². The minimum atomic E-state index is -0.0217. The van der Waals surface area contributed by atoms with Crippen LogP contribution < -0.4 is 0 Å². The molecule has 236 valence electrons. The summed E-state index contributed by atoms with van der Waals surface area (Å²) in [4.78, 5) is 9.61. The molecule has 49 heavy (non-hydrogen) atoms. The van der Waals surface area contributed by atoms with Gasteiger partial charge in [0, 0.05) is 45.2 Å². The van der Waals surface area contributed by atoms with Crippen LogP contribution in [0.25, 0.3) is 77.5 Å². The van der Waals surface area contributed by atoms with E-state index in [2.05, 4.69) is 156 Å². The lowest BCUT2D eigenvalue weighted by molar-refractivity contribution is 0.588. The number of aromatic nitrogens is 4. The lowest BCUT2D eigenvalue weighted by Crippen LogP contribution is -2.12. The Kier molecular flexibility index (Phi) is 6.63. The summed E-state index contributed by atoms with van der Waals surface area (Å²) in [5, 5.41) is 4.38. The Hall–Kier alpha value is -6.20. The average Bonchev–Trinajstić information content (AvgIpc) is 3.45. The van der Waals surface area contributed by atoms with Gasteiger partial charge in [0.15, 0.2) is 5.58 Å². The molecule has 0 aliphatic carbocycles. The smallest absolute Gasteiger partial charge is 0.152 e. The van der Waals surface area contributed by atoms with E-state index < -0.39 is 0 Å². The van der Waals surface area contributed by atoms with Gasteiger partial charge < -0.3 is 8.98 Å². The molecular formula is C44H34N4O. The first-order chi connectivity index (χ1) is 23.9. The molecule has 0 aliphatic heterocycles. The summed E-state index contributed by atoms with van der Waals surface area (Å²) in [6, 6.07) is 48.9. The van der Waals surface area contributed by atoms with Gasteiger partial charge >= 0.3 is 0 Å². The van der Waals surface area contributed by atoms with E-state index in [1.807, 2.05) is 30.6 Å². The van der Waals surface area contributed by atoms with E-state index in [1.165, 1.54) is 5.56 Å². The van der Waals surface area contributed by atoms with Crippen LogP contribution >= 0.6 is 0 Å². The number of para-hydroxylation sites is 3. The molecular weight excluding hydrogens is 601 g/mol. The highest BCUT2D eigenvalue weighted by atomic mass is 16.3. The van der Waals surface area contributed by atoms with Crippen LogP contribution in [0.2, 0.25) is 0 Å². The predicted octanol–water partition coefficient (Wildman–Crippen LogP) is 11.5. The van der Waals surface area contributed by atoms with Crippen molar-refractivity contribution in [3.05, 3.63) is 157 Å². The van der Waals surface area contributed by atoms with Crippen molar-refractivity contribution in [2.45, 2.75) is 26.2 Å². The molecule has 5 nitrogen and oxygen atoms in total. The van der Waals surface area contributed by atoms with Crippen LogP contribution in [-0.2, 0) is 5.41 Å². The number of nitrogens with zero attached hydrogens (tertiary/aromatic N) is 4. The summed E-state index contributed by atoms with van der Waals surface area (Å²) in [7, 11) is 0. The molecule has 0 atom stereocenters. The van der Waals surface area contributed by atoms with E-state index in [1.54, 1.807) is 0 Å². The normalized spacial score (nSPS) is 12.0. The fourth-order valence-corrected chi connectivity index (χ4v) is 7.03. The van der Waals surface area contributed by atoms with E-state index in [0.717, 1.165) is 77.5 Å². The molecule has 5 heteroatoms. The van der Waals surface area contributed by atoms with Gasteiger partial charge in [-0.25, -0.2) is 4.98 Å². The Morgan fingerprint density at radius 1 is 0.490 bits per heavy atom. The van der Waals surface area contributed by atoms with E-state index in [-0.39, 0.29) is 5.41 Å². The van der Waals surface area contributed by atoms with Crippen LogP contribution in [0.3, 0.4) is 0 Å². The molecule has 0 unspecified atom stereocenters. The van der Waals surface area contributed by atoms with E-state index in [4.69, 9.17) is 9.40 Å². The third kappa shape index (κ3) is 4.85. The monoisotopic (exact) mass is 634 g/mol. The van der Waals surface area contributed by atoms with Gasteiger partial charge in [-0.15, -0.1) is 0 Å². The first kappa shape index (κ1) is 29.0. The minimum Gasteiger partial charge on any atom is -0.454 e. The summed E-state index contributed by atoms with van der Waals surface area (Å²) >= 11 is 0. The zero-order chi connectivity index (χ0) is 33.1. The van der Waals surface area contributed by atoms with Crippen LogP contribution in [0.15, 0.2) is 156 Å². The van der Waals surface area contributed by atoms with Gasteiger partial charge in [0.25, 0.3) is 0 Å². The molecule has 0 saturated carbocycles. The number of fused-ring (bicyclic) bond motifs is 7. The summed E-state index contributed by atoms with van der Waals surface area (Å²) in [5.74, 6) is 0.889. The van der Waals surface area contributed by atoms with Gasteiger partial charge in [-0.05, 0) is 77.7 Å².